The fraction of sp³-hybridized carbons (Fsp3) is 0.188. The first kappa shape index (κ1) is 16.3. The fourth-order valence-corrected chi connectivity index (χ4v) is 3.77. The molecule has 1 aliphatic rings. The maximum atomic E-state index is 12.5. The van der Waals surface area contributed by atoms with Crippen LogP contribution in [0.25, 0.3) is 0 Å². The van der Waals surface area contributed by atoms with Crippen molar-refractivity contribution in [1.82, 2.24) is 0 Å². The molecule has 3 rings (SSSR count). The molecule has 1 amide bonds. The van der Waals surface area contributed by atoms with Crippen LogP contribution in [0.15, 0.2) is 36.4 Å². The molecule has 0 aromatic heterocycles. The molecule has 2 N–H and O–H groups in total. The molecule has 1 fully saturated rings. The average Bonchev–Trinajstić information content (AvgIpc) is 3.00. The number of phenolic OH excluding ortho intramolecular Hbond substituents is 1. The topological polar surface area (TPSA) is 52.6 Å². The van der Waals surface area contributed by atoms with Crippen LogP contribution in [-0.4, -0.2) is 23.3 Å². The van der Waals surface area contributed by atoms with Gasteiger partial charge in [-0.05, 0) is 48.7 Å². The summed E-state index contributed by atoms with van der Waals surface area (Å²) in [6, 6.07) is 9.80. The summed E-state index contributed by atoms with van der Waals surface area (Å²) >= 11 is 13.8. The number of benzene rings is 2. The maximum Gasteiger partial charge on any atom is 0.257 e. The van der Waals surface area contributed by atoms with Gasteiger partial charge in [0.1, 0.15) is 5.75 Å². The monoisotopic (exact) mass is 368 g/mol. The first-order valence-corrected chi connectivity index (χ1v) is 8.74. The largest absolute Gasteiger partial charge is 0.508 e. The Morgan fingerprint density at radius 2 is 2.04 bits per heavy atom. The molecule has 1 aliphatic heterocycles. The standard InChI is InChI=1S/C16H14Cl2N2O2S/c17-10-6-11(8-13(21)7-10)19-16(22)14-9-12(2-3-15(14)18)20-4-1-5-23-20/h2-3,6-9,21H,1,4-5H2,(H,19,22). The summed E-state index contributed by atoms with van der Waals surface area (Å²) in [7, 11) is 0. The van der Waals surface area contributed by atoms with Gasteiger partial charge in [0.2, 0.25) is 0 Å². The van der Waals surface area contributed by atoms with Crippen LogP contribution in [0.5, 0.6) is 5.75 Å². The van der Waals surface area contributed by atoms with Crippen LogP contribution in [0.3, 0.4) is 0 Å². The zero-order valence-electron chi connectivity index (χ0n) is 12.1. The molecule has 4 nitrogen and oxygen atoms in total. The van der Waals surface area contributed by atoms with E-state index in [-0.39, 0.29) is 11.7 Å². The molecule has 0 aliphatic carbocycles. The molecule has 0 saturated carbocycles. The Bertz CT molecular complexity index is 729. The van der Waals surface area contributed by atoms with Gasteiger partial charge in [-0.3, -0.25) is 4.79 Å². The zero-order valence-corrected chi connectivity index (χ0v) is 14.4. The number of carbonyl (C=O) groups excluding carboxylic acids is 1. The van der Waals surface area contributed by atoms with E-state index >= 15 is 0 Å². The summed E-state index contributed by atoms with van der Waals surface area (Å²) in [6.45, 7) is 0.954. The van der Waals surface area contributed by atoms with E-state index in [1.165, 1.54) is 12.1 Å². The molecule has 1 heterocycles. The normalized spacial score (nSPS) is 14.1. The van der Waals surface area contributed by atoms with Gasteiger partial charge in [-0.25, -0.2) is 0 Å². The summed E-state index contributed by atoms with van der Waals surface area (Å²) < 4.78 is 2.15. The molecular formula is C16H14Cl2N2O2S. The van der Waals surface area contributed by atoms with Crippen LogP contribution < -0.4 is 9.62 Å². The van der Waals surface area contributed by atoms with Crippen LogP contribution in [0, 0.1) is 0 Å². The summed E-state index contributed by atoms with van der Waals surface area (Å²) in [5.74, 6) is 0.718. The predicted octanol–water partition coefficient (Wildman–Crippen LogP) is 4.81. The van der Waals surface area contributed by atoms with E-state index in [1.54, 1.807) is 30.1 Å². The number of nitrogens with one attached hydrogen (secondary N) is 1. The Morgan fingerprint density at radius 1 is 1.22 bits per heavy atom. The quantitative estimate of drug-likeness (QED) is 0.763. The lowest BCUT2D eigenvalue weighted by Gasteiger charge is -2.17. The molecule has 0 bridgehead atoms. The molecule has 2 aromatic carbocycles. The molecule has 0 spiro atoms. The maximum absolute atomic E-state index is 12.5. The van der Waals surface area contributed by atoms with E-state index in [9.17, 15) is 9.90 Å². The molecule has 2 aromatic rings. The molecule has 0 unspecified atom stereocenters. The summed E-state index contributed by atoms with van der Waals surface area (Å²) in [5.41, 5.74) is 1.75. The third-order valence-corrected chi connectivity index (χ3v) is 5.10. The number of amides is 1. The van der Waals surface area contributed by atoms with Crippen LogP contribution in [0.2, 0.25) is 10.0 Å². The molecule has 0 radical (unpaired) electrons. The molecule has 1 saturated heterocycles. The zero-order chi connectivity index (χ0) is 16.4. The number of halogens is 2. The number of hydrogen-bond acceptors (Lipinski definition) is 4. The lowest BCUT2D eigenvalue weighted by molar-refractivity contribution is 0.102. The molecular weight excluding hydrogens is 355 g/mol. The smallest absolute Gasteiger partial charge is 0.257 e. The van der Waals surface area contributed by atoms with E-state index in [4.69, 9.17) is 23.2 Å². The fourth-order valence-electron chi connectivity index (χ4n) is 2.34. The Hall–Kier alpha value is -1.56. The number of aromatic hydroxyl groups is 1. The minimum absolute atomic E-state index is 0.0129. The Morgan fingerprint density at radius 3 is 2.74 bits per heavy atom. The highest BCUT2D eigenvalue weighted by molar-refractivity contribution is 8.00. The van der Waals surface area contributed by atoms with Gasteiger partial charge in [-0.15, -0.1) is 0 Å². The Balaban J connectivity index is 1.84. The highest BCUT2D eigenvalue weighted by Crippen LogP contribution is 2.32. The number of hydrogen-bond donors (Lipinski definition) is 2. The number of nitrogens with zero attached hydrogens (tertiary/aromatic N) is 1. The number of carbonyl (C=O) groups is 1. The minimum atomic E-state index is -0.345. The minimum Gasteiger partial charge on any atom is -0.508 e. The summed E-state index contributed by atoms with van der Waals surface area (Å²) in [4.78, 5) is 12.5. The van der Waals surface area contributed by atoms with Gasteiger partial charge in [0, 0.05) is 34.8 Å². The Labute approximate surface area is 148 Å². The van der Waals surface area contributed by atoms with Crippen LogP contribution in [-0.2, 0) is 0 Å². The van der Waals surface area contributed by atoms with Gasteiger partial charge in [-0.1, -0.05) is 23.2 Å². The predicted molar refractivity (Wildman–Crippen MR) is 96.9 cm³/mol. The SMILES string of the molecule is O=C(Nc1cc(O)cc(Cl)c1)c1cc(N2CCCS2)ccc1Cl. The van der Waals surface area contributed by atoms with Gasteiger partial charge in [0.05, 0.1) is 10.6 Å². The van der Waals surface area contributed by atoms with Gasteiger partial charge in [0.25, 0.3) is 5.91 Å². The summed E-state index contributed by atoms with van der Waals surface area (Å²) in [5, 5.41) is 13.0. The van der Waals surface area contributed by atoms with E-state index in [0.717, 1.165) is 24.4 Å². The highest BCUT2D eigenvalue weighted by atomic mass is 35.5. The lowest BCUT2D eigenvalue weighted by atomic mass is 10.1. The van der Waals surface area contributed by atoms with E-state index in [2.05, 4.69) is 9.62 Å². The van der Waals surface area contributed by atoms with E-state index in [1.807, 2.05) is 6.07 Å². The van der Waals surface area contributed by atoms with Gasteiger partial charge in [0.15, 0.2) is 0 Å². The van der Waals surface area contributed by atoms with Crippen molar-refractivity contribution in [1.29, 1.82) is 0 Å². The second kappa shape index (κ2) is 6.91. The first-order valence-electron chi connectivity index (χ1n) is 7.04. The van der Waals surface area contributed by atoms with Crippen LogP contribution in [0.4, 0.5) is 11.4 Å². The summed E-state index contributed by atoms with van der Waals surface area (Å²) in [6.07, 6.45) is 1.12. The van der Waals surface area contributed by atoms with Crippen molar-refractivity contribution in [2.75, 3.05) is 21.9 Å². The second-order valence-corrected chi connectivity index (χ2v) is 7.06. The molecule has 23 heavy (non-hydrogen) atoms. The van der Waals surface area contributed by atoms with Gasteiger partial charge in [-0.2, -0.15) is 0 Å². The van der Waals surface area contributed by atoms with Crippen molar-refractivity contribution in [3.05, 3.63) is 52.0 Å². The third kappa shape index (κ3) is 3.86. The Kier molecular flexibility index (Phi) is 4.90. The van der Waals surface area contributed by atoms with Crippen molar-refractivity contribution in [3.63, 3.8) is 0 Å². The van der Waals surface area contributed by atoms with Crippen LogP contribution in [0.1, 0.15) is 16.8 Å². The van der Waals surface area contributed by atoms with Crippen molar-refractivity contribution in [2.24, 2.45) is 0 Å². The van der Waals surface area contributed by atoms with Crippen molar-refractivity contribution >= 4 is 52.4 Å². The van der Waals surface area contributed by atoms with Crippen molar-refractivity contribution in [3.8, 4) is 5.75 Å². The van der Waals surface area contributed by atoms with Crippen LogP contribution >= 0.6 is 35.1 Å². The molecule has 120 valence electrons. The van der Waals surface area contributed by atoms with Gasteiger partial charge >= 0.3 is 0 Å². The number of anilines is 2. The van der Waals surface area contributed by atoms with E-state index < -0.39 is 0 Å². The molecule has 0 atom stereocenters. The number of phenols is 1. The average molecular weight is 369 g/mol. The second-order valence-electron chi connectivity index (χ2n) is 5.11. The van der Waals surface area contributed by atoms with E-state index in [0.29, 0.717) is 21.3 Å². The first-order chi connectivity index (χ1) is 11.0. The van der Waals surface area contributed by atoms with Crippen molar-refractivity contribution in [2.45, 2.75) is 6.42 Å². The highest BCUT2D eigenvalue weighted by Gasteiger charge is 2.17. The molecule has 7 heteroatoms. The van der Waals surface area contributed by atoms with Gasteiger partial charge < -0.3 is 14.7 Å². The third-order valence-electron chi connectivity index (χ3n) is 3.38. The van der Waals surface area contributed by atoms with Crippen molar-refractivity contribution < 1.29 is 9.90 Å². The lowest BCUT2D eigenvalue weighted by Crippen LogP contribution is -2.14. The number of rotatable bonds is 3.